The van der Waals surface area contributed by atoms with E-state index in [2.05, 4.69) is 5.32 Å². The zero-order valence-electron chi connectivity index (χ0n) is 14.9. The lowest BCUT2D eigenvalue weighted by molar-refractivity contribution is -0.122. The smallest absolute Gasteiger partial charge is 0.335 e. The second kappa shape index (κ2) is 7.74. The van der Waals surface area contributed by atoms with Gasteiger partial charge in [0.05, 0.1) is 19.4 Å². The van der Waals surface area contributed by atoms with Gasteiger partial charge in [0, 0.05) is 0 Å². The van der Waals surface area contributed by atoms with E-state index < -0.39 is 17.8 Å². The summed E-state index contributed by atoms with van der Waals surface area (Å²) in [5, 5.41) is 2.19. The second-order valence-corrected chi connectivity index (χ2v) is 5.66. The van der Waals surface area contributed by atoms with Crippen LogP contribution in [-0.4, -0.2) is 31.6 Å². The fourth-order valence-corrected chi connectivity index (χ4v) is 2.62. The summed E-state index contributed by atoms with van der Waals surface area (Å²) in [4.78, 5) is 38.1. The number of methoxy groups -OCH3 is 1. The number of anilines is 1. The van der Waals surface area contributed by atoms with Crippen LogP contribution < -0.4 is 19.7 Å². The Bertz CT molecular complexity index is 901. The maximum atomic E-state index is 12.8. The Kier molecular flexibility index (Phi) is 5.21. The van der Waals surface area contributed by atoms with Crippen LogP contribution in [-0.2, 0) is 9.59 Å². The average Bonchev–Trinajstić information content (AvgIpc) is 2.67. The molecule has 0 radical (unpaired) electrons. The number of urea groups is 1. The lowest BCUT2D eigenvalue weighted by atomic mass is 10.1. The predicted octanol–water partition coefficient (Wildman–Crippen LogP) is 2.76. The van der Waals surface area contributed by atoms with Crippen LogP contribution >= 0.6 is 0 Å². The largest absolute Gasteiger partial charge is 0.497 e. The van der Waals surface area contributed by atoms with Crippen LogP contribution in [0.2, 0.25) is 0 Å². The van der Waals surface area contributed by atoms with Crippen molar-refractivity contribution in [1.82, 2.24) is 5.32 Å². The van der Waals surface area contributed by atoms with Crippen LogP contribution in [0.1, 0.15) is 12.5 Å². The van der Waals surface area contributed by atoms with Crippen molar-refractivity contribution in [1.29, 1.82) is 0 Å². The summed E-state index contributed by atoms with van der Waals surface area (Å²) in [5.41, 5.74) is 0.845. The number of ether oxygens (including phenoxy) is 2. The van der Waals surface area contributed by atoms with Gasteiger partial charge in [0.15, 0.2) is 0 Å². The number of hydrogen-bond acceptors (Lipinski definition) is 5. The molecule has 0 unspecified atom stereocenters. The van der Waals surface area contributed by atoms with Gasteiger partial charge in [0.1, 0.15) is 17.1 Å². The maximum absolute atomic E-state index is 12.8. The highest BCUT2D eigenvalue weighted by Gasteiger charge is 2.36. The highest BCUT2D eigenvalue weighted by Crippen LogP contribution is 2.24. The second-order valence-electron chi connectivity index (χ2n) is 5.66. The topological polar surface area (TPSA) is 84.9 Å². The minimum Gasteiger partial charge on any atom is -0.497 e. The zero-order chi connectivity index (χ0) is 19.4. The molecule has 138 valence electrons. The first-order valence-corrected chi connectivity index (χ1v) is 8.32. The third kappa shape index (κ3) is 3.82. The van der Waals surface area contributed by atoms with E-state index in [-0.39, 0.29) is 5.57 Å². The SMILES string of the molecule is CCOc1ccc(N2C(=O)NC(=O)/C(=C\c3ccc(OC)cc3)C2=O)cc1. The van der Waals surface area contributed by atoms with Gasteiger partial charge in [-0.1, -0.05) is 12.1 Å². The van der Waals surface area contributed by atoms with Gasteiger partial charge in [0.25, 0.3) is 11.8 Å². The van der Waals surface area contributed by atoms with E-state index in [0.717, 1.165) is 4.90 Å². The Balaban J connectivity index is 1.91. The Hall–Kier alpha value is -3.61. The fourth-order valence-electron chi connectivity index (χ4n) is 2.62. The van der Waals surface area contributed by atoms with Crippen molar-refractivity contribution < 1.29 is 23.9 Å². The predicted molar refractivity (Wildman–Crippen MR) is 99.6 cm³/mol. The molecule has 0 saturated carbocycles. The number of barbiturate groups is 1. The number of nitrogens with zero attached hydrogens (tertiary/aromatic N) is 1. The molecule has 3 rings (SSSR count). The van der Waals surface area contributed by atoms with E-state index in [0.29, 0.717) is 29.4 Å². The third-order valence-electron chi connectivity index (χ3n) is 3.93. The van der Waals surface area contributed by atoms with Crippen molar-refractivity contribution in [2.24, 2.45) is 0 Å². The van der Waals surface area contributed by atoms with Crippen LogP contribution in [0.25, 0.3) is 6.08 Å². The van der Waals surface area contributed by atoms with Crippen LogP contribution in [0.4, 0.5) is 10.5 Å². The van der Waals surface area contributed by atoms with Gasteiger partial charge in [-0.15, -0.1) is 0 Å². The molecule has 1 fully saturated rings. The molecular weight excluding hydrogens is 348 g/mol. The highest BCUT2D eigenvalue weighted by molar-refractivity contribution is 6.39. The first-order valence-electron chi connectivity index (χ1n) is 8.32. The average molecular weight is 366 g/mol. The lowest BCUT2D eigenvalue weighted by Crippen LogP contribution is -2.54. The summed E-state index contributed by atoms with van der Waals surface area (Å²) < 4.78 is 10.4. The lowest BCUT2D eigenvalue weighted by Gasteiger charge is -2.26. The van der Waals surface area contributed by atoms with Crippen molar-refractivity contribution in [2.45, 2.75) is 6.92 Å². The maximum Gasteiger partial charge on any atom is 0.335 e. The molecule has 0 atom stereocenters. The standard InChI is InChI=1S/C20H18N2O5/c1-3-27-16-10-6-14(7-11-16)22-19(24)17(18(23)21-20(22)25)12-13-4-8-15(26-2)9-5-13/h4-12H,3H2,1-2H3,(H,21,23,25)/b17-12+. The van der Waals surface area contributed by atoms with Crippen LogP contribution in [0, 0.1) is 0 Å². The number of benzene rings is 2. The van der Waals surface area contributed by atoms with E-state index in [1.165, 1.54) is 6.08 Å². The van der Waals surface area contributed by atoms with Gasteiger partial charge in [-0.05, 0) is 55.0 Å². The van der Waals surface area contributed by atoms with Gasteiger partial charge in [-0.3, -0.25) is 14.9 Å². The van der Waals surface area contributed by atoms with Crippen molar-refractivity contribution in [2.75, 3.05) is 18.6 Å². The van der Waals surface area contributed by atoms with E-state index in [1.807, 2.05) is 6.92 Å². The molecule has 1 aliphatic heterocycles. The molecule has 0 aliphatic carbocycles. The third-order valence-corrected chi connectivity index (χ3v) is 3.93. The number of carbonyl (C=O) groups excluding carboxylic acids is 3. The van der Waals surface area contributed by atoms with Crippen molar-refractivity contribution in [3.63, 3.8) is 0 Å². The Morgan fingerprint density at radius 1 is 0.963 bits per heavy atom. The van der Waals surface area contributed by atoms with Crippen LogP contribution in [0.15, 0.2) is 54.1 Å². The van der Waals surface area contributed by atoms with Gasteiger partial charge in [-0.2, -0.15) is 0 Å². The van der Waals surface area contributed by atoms with Crippen molar-refractivity contribution in [3.8, 4) is 11.5 Å². The van der Waals surface area contributed by atoms with E-state index in [9.17, 15) is 14.4 Å². The van der Waals surface area contributed by atoms with Gasteiger partial charge < -0.3 is 9.47 Å². The minimum atomic E-state index is -0.791. The molecule has 1 aliphatic rings. The molecule has 0 aromatic heterocycles. The van der Waals surface area contributed by atoms with Crippen LogP contribution in [0.5, 0.6) is 11.5 Å². The van der Waals surface area contributed by atoms with Crippen molar-refractivity contribution in [3.05, 3.63) is 59.7 Å². The monoisotopic (exact) mass is 366 g/mol. The Morgan fingerprint density at radius 3 is 2.19 bits per heavy atom. The Morgan fingerprint density at radius 2 is 1.59 bits per heavy atom. The molecular formula is C20H18N2O5. The summed E-state index contributed by atoms with van der Waals surface area (Å²) in [6.45, 7) is 2.36. The Labute approximate surface area is 156 Å². The summed E-state index contributed by atoms with van der Waals surface area (Å²) in [6.07, 6.45) is 1.44. The molecule has 0 bridgehead atoms. The van der Waals surface area contributed by atoms with Gasteiger partial charge in [0.2, 0.25) is 0 Å². The summed E-state index contributed by atoms with van der Waals surface area (Å²) in [5.74, 6) is -0.148. The molecule has 1 heterocycles. The highest BCUT2D eigenvalue weighted by atomic mass is 16.5. The number of carbonyl (C=O) groups is 3. The number of rotatable bonds is 5. The molecule has 7 heteroatoms. The molecule has 2 aromatic carbocycles. The van der Waals surface area contributed by atoms with Crippen LogP contribution in [0.3, 0.4) is 0 Å². The van der Waals surface area contributed by atoms with Gasteiger partial charge in [-0.25, -0.2) is 9.69 Å². The normalized spacial score (nSPS) is 15.7. The van der Waals surface area contributed by atoms with Gasteiger partial charge >= 0.3 is 6.03 Å². The number of hydrogen-bond donors (Lipinski definition) is 1. The number of nitrogens with one attached hydrogen (secondary N) is 1. The number of imide groups is 2. The molecule has 1 N–H and O–H groups in total. The molecule has 1 saturated heterocycles. The molecule has 4 amide bonds. The zero-order valence-corrected chi connectivity index (χ0v) is 14.9. The summed E-state index contributed by atoms with van der Waals surface area (Å²) >= 11 is 0. The first kappa shape index (κ1) is 18.2. The van der Waals surface area contributed by atoms with E-state index in [4.69, 9.17) is 9.47 Å². The number of amides is 4. The van der Waals surface area contributed by atoms with Crippen molar-refractivity contribution >= 4 is 29.6 Å². The molecule has 27 heavy (non-hydrogen) atoms. The minimum absolute atomic E-state index is 0.131. The quantitative estimate of drug-likeness (QED) is 0.650. The molecule has 2 aromatic rings. The molecule has 0 spiro atoms. The van der Waals surface area contributed by atoms with E-state index in [1.54, 1.807) is 55.6 Å². The molecule has 7 nitrogen and oxygen atoms in total. The van der Waals surface area contributed by atoms with E-state index >= 15 is 0 Å². The fraction of sp³-hybridized carbons (Fsp3) is 0.150. The first-order chi connectivity index (χ1) is 13.0. The summed E-state index contributed by atoms with van der Waals surface area (Å²) in [6, 6.07) is 12.5. The summed E-state index contributed by atoms with van der Waals surface area (Å²) in [7, 11) is 1.55.